The third-order valence-corrected chi connectivity index (χ3v) is 3.39. The molecule has 17 heavy (non-hydrogen) atoms. The molecule has 0 bridgehead atoms. The van der Waals surface area contributed by atoms with Crippen LogP contribution in [-0.2, 0) is 9.53 Å². The van der Waals surface area contributed by atoms with Crippen LogP contribution in [-0.4, -0.2) is 18.6 Å². The van der Waals surface area contributed by atoms with E-state index in [2.05, 4.69) is 21.2 Å². The van der Waals surface area contributed by atoms with E-state index < -0.39 is 5.60 Å². The van der Waals surface area contributed by atoms with Crippen LogP contribution < -0.4 is 5.32 Å². The molecule has 3 nitrogen and oxygen atoms in total. The average molecular weight is 304 g/mol. The highest BCUT2D eigenvalue weighted by Crippen LogP contribution is 2.22. The van der Waals surface area contributed by atoms with Gasteiger partial charge in [0.25, 0.3) is 5.91 Å². The van der Waals surface area contributed by atoms with Crippen molar-refractivity contribution in [3.8, 4) is 0 Å². The van der Waals surface area contributed by atoms with E-state index in [4.69, 9.17) is 4.74 Å². The monoisotopic (exact) mass is 303 g/mol. The van der Waals surface area contributed by atoms with Gasteiger partial charge in [-0.3, -0.25) is 4.79 Å². The standard InChI is InChI=1S/C12H15BrFNO2/c1-4-12(2,17-3)11(16)15-8-5-6-10(14)9(13)7-8/h5-7H,4H2,1-3H3,(H,15,16). The molecule has 0 saturated carbocycles. The van der Waals surface area contributed by atoms with Crippen molar-refractivity contribution in [2.24, 2.45) is 0 Å². The zero-order chi connectivity index (χ0) is 13.1. The van der Waals surface area contributed by atoms with Gasteiger partial charge in [0, 0.05) is 12.8 Å². The van der Waals surface area contributed by atoms with Crippen molar-refractivity contribution in [3.05, 3.63) is 28.5 Å². The summed E-state index contributed by atoms with van der Waals surface area (Å²) in [6, 6.07) is 4.30. The first-order chi connectivity index (χ1) is 7.92. The Hall–Kier alpha value is -0.940. The number of carbonyl (C=O) groups is 1. The lowest BCUT2D eigenvalue weighted by Gasteiger charge is -2.25. The molecule has 1 rings (SSSR count). The molecule has 1 aromatic rings. The first-order valence-electron chi connectivity index (χ1n) is 5.24. The molecule has 1 unspecified atom stereocenters. The Labute approximate surface area is 108 Å². The molecular weight excluding hydrogens is 289 g/mol. The number of amides is 1. The highest BCUT2D eigenvalue weighted by molar-refractivity contribution is 9.10. The maximum Gasteiger partial charge on any atom is 0.256 e. The van der Waals surface area contributed by atoms with Crippen LogP contribution in [0.5, 0.6) is 0 Å². The number of halogens is 2. The van der Waals surface area contributed by atoms with E-state index in [1.807, 2.05) is 6.92 Å². The molecule has 1 aromatic carbocycles. The van der Waals surface area contributed by atoms with Gasteiger partial charge in [0.15, 0.2) is 0 Å². The minimum Gasteiger partial charge on any atom is -0.369 e. The van der Waals surface area contributed by atoms with Gasteiger partial charge in [0.05, 0.1) is 4.47 Å². The number of nitrogens with one attached hydrogen (secondary N) is 1. The molecule has 0 aliphatic rings. The Balaban J connectivity index is 2.84. The van der Waals surface area contributed by atoms with Gasteiger partial charge >= 0.3 is 0 Å². The summed E-state index contributed by atoms with van der Waals surface area (Å²) in [7, 11) is 1.49. The summed E-state index contributed by atoms with van der Waals surface area (Å²) in [5, 5.41) is 2.69. The van der Waals surface area contributed by atoms with Crippen molar-refractivity contribution < 1.29 is 13.9 Å². The van der Waals surface area contributed by atoms with E-state index in [9.17, 15) is 9.18 Å². The highest BCUT2D eigenvalue weighted by atomic mass is 79.9. The molecule has 1 amide bonds. The number of benzene rings is 1. The van der Waals surface area contributed by atoms with Gasteiger partial charge in [0.2, 0.25) is 0 Å². The molecule has 1 N–H and O–H groups in total. The predicted octanol–water partition coefficient (Wildman–Crippen LogP) is 3.34. The van der Waals surface area contributed by atoms with Gasteiger partial charge in [-0.15, -0.1) is 0 Å². The Morgan fingerprint density at radius 1 is 1.59 bits per heavy atom. The molecule has 0 heterocycles. The van der Waals surface area contributed by atoms with E-state index in [1.54, 1.807) is 6.92 Å². The Morgan fingerprint density at radius 2 is 2.24 bits per heavy atom. The molecule has 0 spiro atoms. The maximum atomic E-state index is 13.0. The van der Waals surface area contributed by atoms with Gasteiger partial charge in [-0.2, -0.15) is 0 Å². The average Bonchev–Trinajstić information content (AvgIpc) is 2.32. The van der Waals surface area contributed by atoms with Gasteiger partial charge in [-0.05, 0) is 47.5 Å². The van der Waals surface area contributed by atoms with Crippen molar-refractivity contribution in [1.82, 2.24) is 0 Å². The summed E-state index contributed by atoms with van der Waals surface area (Å²) >= 11 is 3.06. The molecule has 0 radical (unpaired) electrons. The number of hydrogen-bond donors (Lipinski definition) is 1. The fraction of sp³-hybridized carbons (Fsp3) is 0.417. The zero-order valence-corrected chi connectivity index (χ0v) is 11.6. The van der Waals surface area contributed by atoms with Gasteiger partial charge < -0.3 is 10.1 Å². The number of ether oxygens (including phenoxy) is 1. The molecule has 0 aromatic heterocycles. The summed E-state index contributed by atoms with van der Waals surface area (Å²) in [6.45, 7) is 3.57. The van der Waals surface area contributed by atoms with Crippen LogP contribution in [0.1, 0.15) is 20.3 Å². The first-order valence-corrected chi connectivity index (χ1v) is 6.04. The topological polar surface area (TPSA) is 38.3 Å². The molecule has 1 atom stereocenters. The third kappa shape index (κ3) is 3.26. The van der Waals surface area contributed by atoms with E-state index in [1.165, 1.54) is 25.3 Å². The highest BCUT2D eigenvalue weighted by Gasteiger charge is 2.30. The van der Waals surface area contributed by atoms with E-state index >= 15 is 0 Å². The molecule has 0 aliphatic heterocycles. The molecule has 0 fully saturated rings. The Morgan fingerprint density at radius 3 is 2.71 bits per heavy atom. The van der Waals surface area contributed by atoms with Crippen LogP contribution in [0.2, 0.25) is 0 Å². The number of carbonyl (C=O) groups excluding carboxylic acids is 1. The summed E-state index contributed by atoms with van der Waals surface area (Å²) < 4.78 is 18.5. The fourth-order valence-electron chi connectivity index (χ4n) is 1.23. The molecule has 5 heteroatoms. The Kier molecular flexibility index (Phi) is 4.65. The quantitative estimate of drug-likeness (QED) is 0.926. The second kappa shape index (κ2) is 5.60. The lowest BCUT2D eigenvalue weighted by atomic mass is 10.0. The van der Waals surface area contributed by atoms with E-state index in [-0.39, 0.29) is 11.7 Å². The Bertz CT molecular complexity index is 419. The van der Waals surface area contributed by atoms with Crippen molar-refractivity contribution >= 4 is 27.5 Å². The smallest absolute Gasteiger partial charge is 0.256 e. The van der Waals surface area contributed by atoms with Crippen LogP contribution in [0.25, 0.3) is 0 Å². The summed E-state index contributed by atoms with van der Waals surface area (Å²) in [6.07, 6.45) is 0.553. The largest absolute Gasteiger partial charge is 0.369 e. The minimum atomic E-state index is -0.874. The van der Waals surface area contributed by atoms with Crippen molar-refractivity contribution in [1.29, 1.82) is 0 Å². The molecular formula is C12H15BrFNO2. The van der Waals surface area contributed by atoms with Crippen molar-refractivity contribution in [3.63, 3.8) is 0 Å². The van der Waals surface area contributed by atoms with Crippen molar-refractivity contribution in [2.45, 2.75) is 25.9 Å². The lowest BCUT2D eigenvalue weighted by Crippen LogP contribution is -2.41. The zero-order valence-electron chi connectivity index (χ0n) is 10.0. The van der Waals surface area contributed by atoms with Crippen LogP contribution in [0.15, 0.2) is 22.7 Å². The summed E-state index contributed by atoms with van der Waals surface area (Å²) in [5.41, 5.74) is -0.346. The summed E-state index contributed by atoms with van der Waals surface area (Å²) in [5.74, 6) is -0.617. The second-order valence-corrected chi connectivity index (χ2v) is 4.73. The van der Waals surface area contributed by atoms with Gasteiger partial charge in [-0.1, -0.05) is 6.92 Å². The van der Waals surface area contributed by atoms with E-state index in [0.717, 1.165) is 0 Å². The van der Waals surface area contributed by atoms with E-state index in [0.29, 0.717) is 16.6 Å². The number of hydrogen-bond acceptors (Lipinski definition) is 2. The molecule has 0 saturated heterocycles. The fourth-order valence-corrected chi connectivity index (χ4v) is 1.61. The normalized spacial score (nSPS) is 14.2. The predicted molar refractivity (Wildman–Crippen MR) is 68.4 cm³/mol. The third-order valence-electron chi connectivity index (χ3n) is 2.78. The second-order valence-electron chi connectivity index (χ2n) is 3.87. The van der Waals surface area contributed by atoms with Crippen LogP contribution in [0.4, 0.5) is 10.1 Å². The SMILES string of the molecule is CCC(C)(OC)C(=O)Nc1ccc(F)c(Br)c1. The summed E-state index contributed by atoms with van der Waals surface area (Å²) in [4.78, 5) is 11.9. The minimum absolute atomic E-state index is 0.249. The molecule has 94 valence electrons. The van der Waals surface area contributed by atoms with Gasteiger partial charge in [-0.25, -0.2) is 4.39 Å². The lowest BCUT2D eigenvalue weighted by molar-refractivity contribution is -0.136. The van der Waals surface area contributed by atoms with Crippen LogP contribution in [0.3, 0.4) is 0 Å². The number of methoxy groups -OCH3 is 1. The number of rotatable bonds is 4. The maximum absolute atomic E-state index is 13.0. The molecule has 0 aliphatic carbocycles. The number of anilines is 1. The first kappa shape index (κ1) is 14.1. The van der Waals surface area contributed by atoms with Gasteiger partial charge in [0.1, 0.15) is 11.4 Å². The van der Waals surface area contributed by atoms with Crippen molar-refractivity contribution in [2.75, 3.05) is 12.4 Å². The van der Waals surface area contributed by atoms with Crippen LogP contribution in [0, 0.1) is 5.82 Å². The van der Waals surface area contributed by atoms with Crippen LogP contribution >= 0.6 is 15.9 Å².